The van der Waals surface area contributed by atoms with E-state index < -0.39 is 0 Å². The molecule has 0 spiro atoms. The van der Waals surface area contributed by atoms with Gasteiger partial charge in [0, 0.05) is 6.04 Å². The summed E-state index contributed by atoms with van der Waals surface area (Å²) in [6.07, 6.45) is 0.999. The number of hydrogen-bond acceptors (Lipinski definition) is 2. The molecule has 110 valence electrons. The molecule has 21 heavy (non-hydrogen) atoms. The monoisotopic (exact) mass is 318 g/mol. The van der Waals surface area contributed by atoms with Crippen molar-refractivity contribution < 1.29 is 0 Å². The van der Waals surface area contributed by atoms with Crippen LogP contribution >= 0.6 is 22.9 Å². The normalized spacial score (nSPS) is 14.5. The van der Waals surface area contributed by atoms with Crippen LogP contribution in [0.25, 0.3) is 11.0 Å². The summed E-state index contributed by atoms with van der Waals surface area (Å²) in [6.45, 7) is 6.32. The largest absolute Gasteiger partial charge is 0.324 e. The third-order valence-corrected chi connectivity index (χ3v) is 4.71. The molecule has 0 aliphatic heterocycles. The minimum Gasteiger partial charge on any atom is -0.324 e. The fourth-order valence-electron chi connectivity index (χ4n) is 2.81. The van der Waals surface area contributed by atoms with E-state index in [1.807, 2.05) is 6.92 Å². The second-order valence-corrected chi connectivity index (χ2v) is 7.07. The van der Waals surface area contributed by atoms with Gasteiger partial charge >= 0.3 is 0 Å². The minimum atomic E-state index is -0.0948. The molecule has 2 nitrogen and oxygen atoms in total. The molecule has 2 aromatic heterocycles. The predicted molar refractivity (Wildman–Crippen MR) is 91.5 cm³/mol. The van der Waals surface area contributed by atoms with Crippen molar-refractivity contribution in [1.82, 2.24) is 9.55 Å². The fourth-order valence-corrected chi connectivity index (χ4v) is 3.65. The van der Waals surface area contributed by atoms with E-state index in [1.165, 1.54) is 16.6 Å². The molecule has 0 aliphatic carbocycles. The van der Waals surface area contributed by atoms with E-state index in [0.29, 0.717) is 6.04 Å². The molecule has 3 aromatic rings. The number of thiophene rings is 1. The van der Waals surface area contributed by atoms with E-state index >= 15 is 0 Å². The van der Waals surface area contributed by atoms with E-state index in [4.69, 9.17) is 16.6 Å². The zero-order chi connectivity index (χ0) is 15.0. The fraction of sp³-hybridized carbons (Fsp3) is 0.353. The summed E-state index contributed by atoms with van der Waals surface area (Å²) in [5, 5.41) is 4.24. The average Bonchev–Trinajstić information content (AvgIpc) is 3.04. The maximum Gasteiger partial charge on any atom is 0.127 e. The molecule has 0 saturated heterocycles. The van der Waals surface area contributed by atoms with Gasteiger partial charge in [-0.25, -0.2) is 4.98 Å². The van der Waals surface area contributed by atoms with Crippen LogP contribution in [0.5, 0.6) is 0 Å². The molecule has 0 radical (unpaired) electrons. The third kappa shape index (κ3) is 2.85. The van der Waals surface area contributed by atoms with Gasteiger partial charge in [0.2, 0.25) is 0 Å². The van der Waals surface area contributed by atoms with Crippen LogP contribution in [0.2, 0.25) is 0 Å². The van der Waals surface area contributed by atoms with Gasteiger partial charge < -0.3 is 4.57 Å². The van der Waals surface area contributed by atoms with E-state index in [0.717, 1.165) is 17.8 Å². The minimum absolute atomic E-state index is 0.0948. The molecule has 4 heteroatoms. The maximum atomic E-state index is 6.36. The highest BCUT2D eigenvalue weighted by atomic mass is 35.5. The highest BCUT2D eigenvalue weighted by Gasteiger charge is 2.19. The third-order valence-electron chi connectivity index (χ3n) is 3.78. The number of rotatable bonds is 4. The van der Waals surface area contributed by atoms with Crippen LogP contribution in [0.15, 0.2) is 35.0 Å². The SMILES string of the molecule is Cc1ccc2c(c1)nc(C(C)Cl)n2C(C)Cc1ccsc1. The number of alkyl halides is 1. The highest BCUT2D eigenvalue weighted by molar-refractivity contribution is 7.07. The Hall–Kier alpha value is -1.32. The molecular weight excluding hydrogens is 300 g/mol. The van der Waals surface area contributed by atoms with Crippen LogP contribution in [-0.2, 0) is 6.42 Å². The Kier molecular flexibility index (Phi) is 4.05. The number of aromatic nitrogens is 2. The number of aryl methyl sites for hydroxylation is 1. The zero-order valence-corrected chi connectivity index (χ0v) is 14.1. The summed E-state index contributed by atoms with van der Waals surface area (Å²) < 4.78 is 2.30. The van der Waals surface area contributed by atoms with Crippen molar-refractivity contribution in [2.75, 3.05) is 0 Å². The molecule has 2 atom stereocenters. The summed E-state index contributed by atoms with van der Waals surface area (Å²) in [5.74, 6) is 0.958. The summed E-state index contributed by atoms with van der Waals surface area (Å²) in [6, 6.07) is 8.95. The maximum absolute atomic E-state index is 6.36. The first-order valence-electron chi connectivity index (χ1n) is 7.20. The molecule has 3 rings (SSSR count). The molecule has 0 saturated carbocycles. The van der Waals surface area contributed by atoms with Gasteiger partial charge in [0.05, 0.1) is 16.4 Å². The summed E-state index contributed by atoms with van der Waals surface area (Å²) in [4.78, 5) is 4.76. The number of fused-ring (bicyclic) bond motifs is 1. The topological polar surface area (TPSA) is 17.8 Å². The lowest BCUT2D eigenvalue weighted by molar-refractivity contribution is 0.535. The van der Waals surface area contributed by atoms with Crippen LogP contribution in [0.1, 0.15) is 42.2 Å². The molecule has 0 N–H and O–H groups in total. The Balaban J connectivity index is 2.08. The molecular formula is C17H19ClN2S. The lowest BCUT2D eigenvalue weighted by Gasteiger charge is -2.18. The van der Waals surface area contributed by atoms with Crippen LogP contribution in [0, 0.1) is 6.92 Å². The Morgan fingerprint density at radius 2 is 2.10 bits per heavy atom. The lowest BCUT2D eigenvalue weighted by Crippen LogP contribution is -2.12. The van der Waals surface area contributed by atoms with Crippen molar-refractivity contribution in [3.05, 3.63) is 52.0 Å². The van der Waals surface area contributed by atoms with E-state index in [9.17, 15) is 0 Å². The number of hydrogen-bond donors (Lipinski definition) is 0. The molecule has 0 fully saturated rings. The number of nitrogens with zero attached hydrogens (tertiary/aromatic N) is 2. The van der Waals surface area contributed by atoms with Crippen molar-refractivity contribution in [2.45, 2.75) is 38.6 Å². The molecule has 0 bridgehead atoms. The quantitative estimate of drug-likeness (QED) is 0.580. The van der Waals surface area contributed by atoms with Gasteiger partial charge in [0.25, 0.3) is 0 Å². The van der Waals surface area contributed by atoms with Gasteiger partial charge in [-0.3, -0.25) is 0 Å². The molecule has 0 aliphatic rings. The highest BCUT2D eigenvalue weighted by Crippen LogP contribution is 2.30. The van der Waals surface area contributed by atoms with E-state index in [1.54, 1.807) is 11.3 Å². The van der Waals surface area contributed by atoms with Crippen molar-refractivity contribution in [2.24, 2.45) is 0 Å². The van der Waals surface area contributed by atoms with Gasteiger partial charge in [0.1, 0.15) is 5.82 Å². The standard InChI is InChI=1S/C17H19ClN2S/c1-11-4-5-16-15(8-11)19-17(13(3)18)20(16)12(2)9-14-6-7-21-10-14/h4-8,10,12-13H,9H2,1-3H3. The van der Waals surface area contributed by atoms with Gasteiger partial charge in [-0.1, -0.05) is 6.07 Å². The molecule has 1 aromatic carbocycles. The second kappa shape index (κ2) is 5.82. The van der Waals surface area contributed by atoms with E-state index in [2.05, 4.69) is 53.4 Å². The van der Waals surface area contributed by atoms with Crippen molar-refractivity contribution in [3.63, 3.8) is 0 Å². The molecule has 2 unspecified atom stereocenters. The smallest absolute Gasteiger partial charge is 0.127 e. The van der Waals surface area contributed by atoms with Crippen molar-refractivity contribution in [3.8, 4) is 0 Å². The van der Waals surface area contributed by atoms with Crippen LogP contribution in [0.3, 0.4) is 0 Å². The van der Waals surface area contributed by atoms with Crippen molar-refractivity contribution >= 4 is 34.0 Å². The Labute approximate surface area is 134 Å². The second-order valence-electron chi connectivity index (χ2n) is 5.63. The summed E-state index contributed by atoms with van der Waals surface area (Å²) in [7, 11) is 0. The first-order valence-corrected chi connectivity index (χ1v) is 8.58. The van der Waals surface area contributed by atoms with Crippen molar-refractivity contribution in [1.29, 1.82) is 0 Å². The summed E-state index contributed by atoms with van der Waals surface area (Å²) in [5.41, 5.74) is 4.81. The number of benzene rings is 1. The average molecular weight is 319 g/mol. The van der Waals surface area contributed by atoms with E-state index in [-0.39, 0.29) is 5.38 Å². The first kappa shape index (κ1) is 14.6. The van der Waals surface area contributed by atoms with Gasteiger partial charge in [0.15, 0.2) is 0 Å². The first-order chi connectivity index (χ1) is 10.1. The van der Waals surface area contributed by atoms with Crippen LogP contribution < -0.4 is 0 Å². The Morgan fingerprint density at radius 3 is 2.76 bits per heavy atom. The Morgan fingerprint density at radius 1 is 1.29 bits per heavy atom. The lowest BCUT2D eigenvalue weighted by atomic mass is 10.1. The number of imidazole rings is 1. The molecule has 2 heterocycles. The number of halogens is 1. The van der Waals surface area contributed by atoms with Crippen LogP contribution in [0.4, 0.5) is 0 Å². The van der Waals surface area contributed by atoms with Gasteiger partial charge in [-0.05, 0) is 67.3 Å². The molecule has 0 amide bonds. The van der Waals surface area contributed by atoms with Crippen LogP contribution in [-0.4, -0.2) is 9.55 Å². The zero-order valence-electron chi connectivity index (χ0n) is 12.5. The summed E-state index contributed by atoms with van der Waals surface area (Å²) >= 11 is 8.11. The van der Waals surface area contributed by atoms with Gasteiger partial charge in [-0.15, -0.1) is 11.6 Å². The predicted octanol–water partition coefficient (Wildman–Crippen LogP) is 5.51. The van der Waals surface area contributed by atoms with Gasteiger partial charge in [-0.2, -0.15) is 11.3 Å². The Bertz CT molecular complexity index is 744.